The van der Waals surface area contributed by atoms with Gasteiger partial charge in [-0.1, -0.05) is 62.9 Å². The highest BCUT2D eigenvalue weighted by Gasteiger charge is 2.21. The molecule has 0 spiro atoms. The molecule has 0 aliphatic rings. The Bertz CT molecular complexity index is 598. The van der Waals surface area contributed by atoms with Crippen LogP contribution < -0.4 is 0 Å². The lowest BCUT2D eigenvalue weighted by Crippen LogP contribution is -2.20. The smallest absolute Gasteiger partial charge is 0.314 e. The van der Waals surface area contributed by atoms with Gasteiger partial charge in [-0.15, -0.1) is 11.8 Å². The number of unbranched alkanes of at least 4 members (excludes halogenated alkanes) is 7. The second kappa shape index (κ2) is 14.8. The normalized spacial score (nSPS) is 11.3. The number of carbonyl (C=O) groups is 2. The van der Waals surface area contributed by atoms with Crippen molar-refractivity contribution in [2.45, 2.75) is 77.0 Å². The molecule has 0 heterocycles. The second-order valence-electron chi connectivity index (χ2n) is 6.71. The number of rotatable bonds is 13. The van der Waals surface area contributed by atoms with E-state index in [9.17, 15) is 14.7 Å². The van der Waals surface area contributed by atoms with Crippen molar-refractivity contribution in [2.24, 2.45) is 0 Å². The van der Waals surface area contributed by atoms with Gasteiger partial charge in [-0.05, 0) is 24.8 Å². The van der Waals surface area contributed by atoms with E-state index < -0.39 is 11.9 Å². The molecule has 1 atom stereocenters. The van der Waals surface area contributed by atoms with Crippen LogP contribution in [-0.4, -0.2) is 23.7 Å². The SMILES string of the molecule is CCCCCCCC#CCCCCC(=O)OCC(C(=O)O)c1ccccc1. The molecule has 0 aliphatic carbocycles. The molecule has 0 amide bonds. The molecule has 1 N–H and O–H groups in total. The van der Waals surface area contributed by atoms with Crippen molar-refractivity contribution in [3.8, 4) is 11.8 Å². The molecular weight excluding hydrogens is 340 g/mol. The molecule has 27 heavy (non-hydrogen) atoms. The average Bonchev–Trinajstić information content (AvgIpc) is 2.67. The van der Waals surface area contributed by atoms with E-state index in [1.807, 2.05) is 6.07 Å². The number of carboxylic acids is 1. The molecular formula is C23H32O4. The highest BCUT2D eigenvalue weighted by Crippen LogP contribution is 2.16. The lowest BCUT2D eigenvalue weighted by atomic mass is 10.0. The Morgan fingerprint density at radius 3 is 2.22 bits per heavy atom. The monoisotopic (exact) mass is 372 g/mol. The van der Waals surface area contributed by atoms with E-state index >= 15 is 0 Å². The van der Waals surface area contributed by atoms with Gasteiger partial charge in [0.1, 0.15) is 12.5 Å². The predicted octanol–water partition coefficient (Wildman–Crippen LogP) is 5.32. The minimum atomic E-state index is -0.987. The van der Waals surface area contributed by atoms with Crippen molar-refractivity contribution in [2.75, 3.05) is 6.61 Å². The zero-order valence-electron chi connectivity index (χ0n) is 16.4. The van der Waals surface area contributed by atoms with E-state index in [1.54, 1.807) is 24.3 Å². The Morgan fingerprint density at radius 2 is 1.59 bits per heavy atom. The van der Waals surface area contributed by atoms with Crippen molar-refractivity contribution >= 4 is 11.9 Å². The summed E-state index contributed by atoms with van der Waals surface area (Å²) in [5, 5.41) is 9.31. The third kappa shape index (κ3) is 11.1. The third-order valence-electron chi connectivity index (χ3n) is 4.37. The van der Waals surface area contributed by atoms with Gasteiger partial charge in [-0.3, -0.25) is 9.59 Å². The lowest BCUT2D eigenvalue weighted by Gasteiger charge is -2.13. The van der Waals surface area contributed by atoms with Crippen LogP contribution in [0.4, 0.5) is 0 Å². The quantitative estimate of drug-likeness (QED) is 0.289. The van der Waals surface area contributed by atoms with Crippen molar-refractivity contribution in [1.82, 2.24) is 0 Å². The topological polar surface area (TPSA) is 63.6 Å². The summed E-state index contributed by atoms with van der Waals surface area (Å²) in [5.74, 6) is 4.19. The van der Waals surface area contributed by atoms with Gasteiger partial charge in [0.25, 0.3) is 0 Å². The van der Waals surface area contributed by atoms with Crippen LogP contribution in [0.15, 0.2) is 30.3 Å². The molecule has 1 rings (SSSR count). The highest BCUT2D eigenvalue weighted by molar-refractivity contribution is 5.77. The molecule has 1 unspecified atom stereocenters. The van der Waals surface area contributed by atoms with Crippen LogP contribution >= 0.6 is 0 Å². The maximum atomic E-state index is 11.8. The van der Waals surface area contributed by atoms with Gasteiger partial charge in [-0.25, -0.2) is 0 Å². The van der Waals surface area contributed by atoms with Crippen molar-refractivity contribution < 1.29 is 19.4 Å². The summed E-state index contributed by atoms with van der Waals surface area (Å²) in [6, 6.07) is 8.84. The predicted molar refractivity (Wildman–Crippen MR) is 107 cm³/mol. The first-order chi connectivity index (χ1) is 13.1. The molecule has 4 heteroatoms. The lowest BCUT2D eigenvalue weighted by molar-refractivity contribution is -0.148. The highest BCUT2D eigenvalue weighted by atomic mass is 16.5. The van der Waals surface area contributed by atoms with Crippen LogP contribution in [0.1, 0.15) is 82.6 Å². The molecule has 1 aromatic carbocycles. The van der Waals surface area contributed by atoms with Gasteiger partial charge in [0.15, 0.2) is 0 Å². The van der Waals surface area contributed by atoms with Crippen molar-refractivity contribution in [1.29, 1.82) is 0 Å². The van der Waals surface area contributed by atoms with Gasteiger partial charge < -0.3 is 9.84 Å². The Kier molecular flexibility index (Phi) is 12.5. The van der Waals surface area contributed by atoms with E-state index in [1.165, 1.54) is 32.1 Å². The Morgan fingerprint density at radius 1 is 0.963 bits per heavy atom. The molecule has 0 saturated heterocycles. The van der Waals surface area contributed by atoms with Crippen LogP contribution in [0.3, 0.4) is 0 Å². The van der Waals surface area contributed by atoms with Gasteiger partial charge in [0, 0.05) is 19.3 Å². The first kappa shape index (κ1) is 22.8. The zero-order chi connectivity index (χ0) is 19.7. The maximum absolute atomic E-state index is 11.8. The second-order valence-corrected chi connectivity index (χ2v) is 6.71. The first-order valence-electron chi connectivity index (χ1n) is 10.0. The summed E-state index contributed by atoms with van der Waals surface area (Å²) in [7, 11) is 0. The van der Waals surface area contributed by atoms with E-state index in [-0.39, 0.29) is 12.6 Å². The minimum Gasteiger partial charge on any atom is -0.481 e. The van der Waals surface area contributed by atoms with Crippen LogP contribution in [0.5, 0.6) is 0 Å². The van der Waals surface area contributed by atoms with Crippen LogP contribution in [-0.2, 0) is 14.3 Å². The Balaban J connectivity index is 2.13. The van der Waals surface area contributed by atoms with E-state index in [4.69, 9.17) is 4.74 Å². The van der Waals surface area contributed by atoms with Gasteiger partial charge in [0.2, 0.25) is 0 Å². The number of benzene rings is 1. The first-order valence-corrected chi connectivity index (χ1v) is 10.0. The Labute approximate surface area is 163 Å². The Hall–Kier alpha value is -2.28. The number of esters is 1. The molecule has 0 fully saturated rings. The molecule has 4 nitrogen and oxygen atoms in total. The molecule has 0 aliphatic heterocycles. The fourth-order valence-corrected chi connectivity index (χ4v) is 2.72. The van der Waals surface area contributed by atoms with Crippen molar-refractivity contribution in [3.05, 3.63) is 35.9 Å². The largest absolute Gasteiger partial charge is 0.481 e. The van der Waals surface area contributed by atoms with Crippen LogP contribution in [0, 0.1) is 11.8 Å². The molecule has 148 valence electrons. The van der Waals surface area contributed by atoms with Gasteiger partial charge in [-0.2, -0.15) is 0 Å². The molecule has 1 aromatic rings. The standard InChI is InChI=1S/C23H32O4/c1-2-3-4-5-6-7-8-9-10-11-15-18-22(24)27-19-21(23(25)26)20-16-13-12-14-17-20/h12-14,16-17,21H,2-7,10-11,15,18-19H2,1H3,(H,25,26). The van der Waals surface area contributed by atoms with Crippen molar-refractivity contribution in [3.63, 3.8) is 0 Å². The van der Waals surface area contributed by atoms with E-state index in [2.05, 4.69) is 18.8 Å². The zero-order valence-corrected chi connectivity index (χ0v) is 16.4. The van der Waals surface area contributed by atoms with E-state index in [0.29, 0.717) is 18.4 Å². The summed E-state index contributed by atoms with van der Waals surface area (Å²) < 4.78 is 5.16. The third-order valence-corrected chi connectivity index (χ3v) is 4.37. The number of ether oxygens (including phenoxy) is 1. The fraction of sp³-hybridized carbons (Fsp3) is 0.565. The average molecular weight is 373 g/mol. The number of carbonyl (C=O) groups excluding carboxylic acids is 1. The number of carboxylic acid groups (broad SMARTS) is 1. The molecule has 0 bridgehead atoms. The van der Waals surface area contributed by atoms with Crippen LogP contribution in [0.25, 0.3) is 0 Å². The number of hydrogen-bond acceptors (Lipinski definition) is 3. The fourth-order valence-electron chi connectivity index (χ4n) is 2.72. The summed E-state index contributed by atoms with van der Waals surface area (Å²) >= 11 is 0. The molecule has 0 saturated carbocycles. The summed E-state index contributed by atoms with van der Waals surface area (Å²) in [5.41, 5.74) is 0.641. The molecule has 0 radical (unpaired) electrons. The number of hydrogen-bond donors (Lipinski definition) is 1. The summed E-state index contributed by atoms with van der Waals surface area (Å²) in [4.78, 5) is 23.2. The van der Waals surface area contributed by atoms with Gasteiger partial charge in [0.05, 0.1) is 0 Å². The minimum absolute atomic E-state index is 0.129. The van der Waals surface area contributed by atoms with Gasteiger partial charge >= 0.3 is 11.9 Å². The van der Waals surface area contributed by atoms with E-state index in [0.717, 1.165) is 19.3 Å². The number of aliphatic carboxylic acids is 1. The summed E-state index contributed by atoms with van der Waals surface area (Å²) in [6.45, 7) is 2.08. The maximum Gasteiger partial charge on any atom is 0.314 e. The summed E-state index contributed by atoms with van der Waals surface area (Å²) in [6.07, 6.45) is 9.94. The molecule has 0 aromatic heterocycles. The van der Waals surface area contributed by atoms with Crippen LogP contribution in [0.2, 0.25) is 0 Å².